The second-order valence-electron chi connectivity index (χ2n) is 6.81. The van der Waals surface area contributed by atoms with E-state index in [1.54, 1.807) is 12.1 Å². The topological polar surface area (TPSA) is 102 Å². The van der Waals surface area contributed by atoms with Gasteiger partial charge in [0, 0.05) is 22.3 Å². The number of hydrogen-bond acceptors (Lipinski definition) is 4. The average molecular weight is 416 g/mol. The van der Waals surface area contributed by atoms with Gasteiger partial charge in [-0.3, -0.25) is 9.78 Å². The zero-order valence-corrected chi connectivity index (χ0v) is 16.5. The zero-order valence-electron chi connectivity index (χ0n) is 14.9. The van der Waals surface area contributed by atoms with Gasteiger partial charge in [0.2, 0.25) is 10.0 Å². The van der Waals surface area contributed by atoms with Gasteiger partial charge in [-0.05, 0) is 67.6 Å². The van der Waals surface area contributed by atoms with E-state index in [0.29, 0.717) is 16.8 Å². The van der Waals surface area contributed by atoms with Gasteiger partial charge >= 0.3 is 0 Å². The van der Waals surface area contributed by atoms with Crippen LogP contribution in [0.1, 0.15) is 34.5 Å². The Labute approximate surface area is 167 Å². The van der Waals surface area contributed by atoms with E-state index < -0.39 is 10.0 Å². The number of aromatic nitrogens is 1. The van der Waals surface area contributed by atoms with Gasteiger partial charge in [-0.1, -0.05) is 17.7 Å². The van der Waals surface area contributed by atoms with E-state index in [1.165, 1.54) is 24.3 Å². The monoisotopic (exact) mass is 415 g/mol. The van der Waals surface area contributed by atoms with Crippen LogP contribution < -0.4 is 10.5 Å². The minimum atomic E-state index is -3.77. The lowest BCUT2D eigenvalue weighted by Gasteiger charge is -2.18. The van der Waals surface area contributed by atoms with Crippen molar-refractivity contribution in [1.82, 2.24) is 4.98 Å². The summed E-state index contributed by atoms with van der Waals surface area (Å²) in [6.45, 7) is 0. The molecule has 0 fully saturated rings. The number of pyridine rings is 1. The summed E-state index contributed by atoms with van der Waals surface area (Å²) in [5.74, 6) is -0.319. The fourth-order valence-electron chi connectivity index (χ4n) is 3.44. The Morgan fingerprint density at radius 2 is 1.79 bits per heavy atom. The summed E-state index contributed by atoms with van der Waals surface area (Å²) in [5.41, 5.74) is 3.74. The molecule has 1 amide bonds. The maximum Gasteiger partial charge on any atom is 0.255 e. The van der Waals surface area contributed by atoms with Crippen molar-refractivity contribution in [1.29, 1.82) is 0 Å². The molecule has 1 aliphatic rings. The van der Waals surface area contributed by atoms with E-state index in [4.69, 9.17) is 21.7 Å². The third-order valence-electron chi connectivity index (χ3n) is 4.90. The van der Waals surface area contributed by atoms with Crippen LogP contribution in [-0.2, 0) is 22.9 Å². The molecule has 0 bridgehead atoms. The molecule has 0 radical (unpaired) electrons. The molecule has 144 valence electrons. The summed E-state index contributed by atoms with van der Waals surface area (Å²) in [5, 5.41) is 9.39. The second-order valence-corrected chi connectivity index (χ2v) is 8.75. The first-order chi connectivity index (χ1) is 13.3. The van der Waals surface area contributed by atoms with Gasteiger partial charge in [0.15, 0.2) is 0 Å². The number of halogens is 1. The van der Waals surface area contributed by atoms with Gasteiger partial charge in [0.1, 0.15) is 0 Å². The van der Waals surface area contributed by atoms with Crippen molar-refractivity contribution in [2.75, 3.05) is 5.32 Å². The number of carbonyl (C=O) groups excluding carboxylic acids is 1. The average Bonchev–Trinajstić information content (AvgIpc) is 2.67. The quantitative estimate of drug-likeness (QED) is 0.681. The molecule has 1 heterocycles. The maximum atomic E-state index is 12.6. The summed E-state index contributed by atoms with van der Waals surface area (Å²) in [4.78, 5) is 17.3. The summed E-state index contributed by atoms with van der Waals surface area (Å²) in [7, 11) is -3.77. The Bertz CT molecular complexity index is 1190. The van der Waals surface area contributed by atoms with E-state index >= 15 is 0 Å². The van der Waals surface area contributed by atoms with Crippen molar-refractivity contribution in [3.05, 3.63) is 64.3 Å². The van der Waals surface area contributed by atoms with E-state index in [-0.39, 0.29) is 10.8 Å². The van der Waals surface area contributed by atoms with Crippen LogP contribution in [-0.4, -0.2) is 19.3 Å². The van der Waals surface area contributed by atoms with Crippen molar-refractivity contribution in [3.8, 4) is 0 Å². The van der Waals surface area contributed by atoms with Crippen molar-refractivity contribution in [3.63, 3.8) is 0 Å². The number of amides is 1. The van der Waals surface area contributed by atoms with Gasteiger partial charge < -0.3 is 5.32 Å². The SMILES string of the molecule is NS(=O)(=O)c1ccc(NC(=O)c2ccc3c(Cl)c4c(nc3c2)CCCC4)cc1. The number of anilines is 1. The first kappa shape index (κ1) is 18.9. The second kappa shape index (κ2) is 7.16. The molecule has 0 unspecified atom stereocenters. The largest absolute Gasteiger partial charge is 0.322 e. The smallest absolute Gasteiger partial charge is 0.255 e. The molecule has 28 heavy (non-hydrogen) atoms. The number of aryl methyl sites for hydroxylation is 1. The summed E-state index contributed by atoms with van der Waals surface area (Å²) >= 11 is 6.57. The van der Waals surface area contributed by atoms with E-state index in [2.05, 4.69) is 5.32 Å². The van der Waals surface area contributed by atoms with E-state index in [9.17, 15) is 13.2 Å². The molecular formula is C20H18ClN3O3S. The number of benzene rings is 2. The van der Waals surface area contributed by atoms with Crippen molar-refractivity contribution >= 4 is 44.1 Å². The third kappa shape index (κ3) is 3.61. The highest BCUT2D eigenvalue weighted by Crippen LogP contribution is 2.33. The molecule has 0 saturated heterocycles. The van der Waals surface area contributed by atoms with Gasteiger partial charge in [-0.25, -0.2) is 13.6 Å². The van der Waals surface area contributed by atoms with Gasteiger partial charge in [-0.15, -0.1) is 0 Å². The highest BCUT2D eigenvalue weighted by Gasteiger charge is 2.18. The number of fused-ring (bicyclic) bond motifs is 2. The zero-order chi connectivity index (χ0) is 19.9. The van der Waals surface area contributed by atoms with Crippen molar-refractivity contribution in [2.45, 2.75) is 30.6 Å². The number of nitrogens with zero attached hydrogens (tertiary/aromatic N) is 1. The molecule has 3 N–H and O–H groups in total. The summed E-state index contributed by atoms with van der Waals surface area (Å²) in [6, 6.07) is 10.9. The summed E-state index contributed by atoms with van der Waals surface area (Å²) < 4.78 is 22.6. The van der Waals surface area contributed by atoms with Crippen molar-refractivity contribution in [2.24, 2.45) is 5.14 Å². The number of carbonyl (C=O) groups is 1. The Balaban J connectivity index is 1.62. The molecule has 1 aromatic heterocycles. The lowest BCUT2D eigenvalue weighted by molar-refractivity contribution is 0.102. The van der Waals surface area contributed by atoms with Gasteiger partial charge in [-0.2, -0.15) is 0 Å². The van der Waals surface area contributed by atoms with Crippen LogP contribution in [0.2, 0.25) is 5.02 Å². The number of primary sulfonamides is 1. The maximum absolute atomic E-state index is 12.6. The number of rotatable bonds is 3. The Kier molecular flexibility index (Phi) is 4.82. The molecule has 4 rings (SSSR count). The number of nitrogens with one attached hydrogen (secondary N) is 1. The highest BCUT2D eigenvalue weighted by molar-refractivity contribution is 7.89. The minimum Gasteiger partial charge on any atom is -0.322 e. The fourth-order valence-corrected chi connectivity index (χ4v) is 4.32. The molecule has 1 aliphatic carbocycles. The number of hydrogen-bond donors (Lipinski definition) is 2. The van der Waals surface area contributed by atoms with Crippen LogP contribution in [0.3, 0.4) is 0 Å². The normalized spacial score (nSPS) is 13.9. The van der Waals surface area contributed by atoms with Crippen molar-refractivity contribution < 1.29 is 13.2 Å². The molecule has 3 aromatic rings. The van der Waals surface area contributed by atoms with Crippen LogP contribution in [0.4, 0.5) is 5.69 Å². The van der Waals surface area contributed by atoms with Crippen LogP contribution in [0.5, 0.6) is 0 Å². The number of sulfonamides is 1. The van der Waals surface area contributed by atoms with Crippen LogP contribution >= 0.6 is 11.6 Å². The summed E-state index contributed by atoms with van der Waals surface area (Å²) in [6.07, 6.45) is 4.05. The first-order valence-corrected chi connectivity index (χ1v) is 10.8. The van der Waals surface area contributed by atoms with Crippen LogP contribution in [0, 0.1) is 0 Å². The molecule has 6 nitrogen and oxygen atoms in total. The van der Waals surface area contributed by atoms with E-state index in [1.807, 2.05) is 6.07 Å². The molecule has 0 saturated carbocycles. The molecular weight excluding hydrogens is 398 g/mol. The highest BCUT2D eigenvalue weighted by atomic mass is 35.5. The molecule has 8 heteroatoms. The molecule has 0 spiro atoms. The lowest BCUT2D eigenvalue weighted by Crippen LogP contribution is -2.14. The Morgan fingerprint density at radius 3 is 2.50 bits per heavy atom. The minimum absolute atomic E-state index is 0.0141. The predicted molar refractivity (Wildman–Crippen MR) is 109 cm³/mol. The molecule has 2 aromatic carbocycles. The lowest BCUT2D eigenvalue weighted by atomic mass is 9.94. The third-order valence-corrected chi connectivity index (χ3v) is 6.26. The first-order valence-electron chi connectivity index (χ1n) is 8.88. The predicted octanol–water partition coefficient (Wildman–Crippen LogP) is 3.67. The Hall–Kier alpha value is -2.48. The fraction of sp³-hybridized carbons (Fsp3) is 0.200. The molecule has 0 aliphatic heterocycles. The standard InChI is InChI=1S/C20H18ClN3O3S/c21-19-15-3-1-2-4-17(15)24-18-11-12(5-10-16(18)19)20(25)23-13-6-8-14(9-7-13)28(22,26)27/h5-11H,1-4H2,(H,23,25)(H2,22,26,27). The van der Waals surface area contributed by atoms with Crippen LogP contribution in [0.25, 0.3) is 10.9 Å². The Morgan fingerprint density at radius 1 is 1.07 bits per heavy atom. The van der Waals surface area contributed by atoms with E-state index in [0.717, 1.165) is 47.3 Å². The van der Waals surface area contributed by atoms with Crippen LogP contribution in [0.15, 0.2) is 47.4 Å². The molecule has 0 atom stereocenters. The number of nitrogens with two attached hydrogens (primary N) is 1. The van der Waals surface area contributed by atoms with Gasteiger partial charge in [0.05, 0.1) is 15.4 Å². The van der Waals surface area contributed by atoms with Gasteiger partial charge in [0.25, 0.3) is 5.91 Å².